The number of carbonyl (C=O) groups excluding carboxylic acids is 2. The lowest BCUT2D eigenvalue weighted by molar-refractivity contribution is -0.159. The summed E-state index contributed by atoms with van der Waals surface area (Å²) < 4.78 is 5.18. The number of hydrogen-bond acceptors (Lipinski definition) is 4. The number of rotatable bonds is 2. The van der Waals surface area contributed by atoms with Crippen LogP contribution in [0.4, 0.5) is 0 Å². The zero-order valence-corrected chi connectivity index (χ0v) is 14.3. The van der Waals surface area contributed by atoms with Gasteiger partial charge in [-0.3, -0.25) is 9.59 Å². The molecule has 4 atom stereocenters. The monoisotopic (exact) mass is 327 g/mol. The Morgan fingerprint density at radius 2 is 1.88 bits per heavy atom. The highest BCUT2D eigenvalue weighted by Crippen LogP contribution is 2.51. The van der Waals surface area contributed by atoms with Gasteiger partial charge in [0.2, 0.25) is 11.8 Å². The molecule has 1 unspecified atom stereocenters. The predicted molar refractivity (Wildman–Crippen MR) is 86.9 cm³/mol. The number of benzene rings is 1. The molecule has 6 nitrogen and oxygen atoms in total. The summed E-state index contributed by atoms with van der Waals surface area (Å²) in [5, 5.41) is 9.77. The lowest BCUT2D eigenvalue weighted by Crippen LogP contribution is -2.60. The Hall–Kier alpha value is -2.55. The quantitative estimate of drug-likeness (QED) is 0.829. The second kappa shape index (κ2) is 5.52. The highest BCUT2D eigenvalue weighted by atomic mass is 16.5. The van der Waals surface area contributed by atoms with Crippen LogP contribution < -0.4 is 4.74 Å². The topological polar surface area (TPSA) is 73.6 Å². The second-order valence-corrected chi connectivity index (χ2v) is 6.80. The van der Waals surface area contributed by atoms with Gasteiger partial charge in [0.15, 0.2) is 0 Å². The van der Waals surface area contributed by atoms with E-state index < -0.39 is 23.5 Å². The number of likely N-dealkylation sites (N-methyl/N-ethyl adjacent to an activating group) is 1. The van der Waals surface area contributed by atoms with Gasteiger partial charge < -0.3 is 14.5 Å². The molecule has 2 amide bonds. The highest BCUT2D eigenvalue weighted by molar-refractivity contribution is 5.97. The molecule has 1 aromatic carbocycles. The van der Waals surface area contributed by atoms with Crippen LogP contribution in [-0.4, -0.2) is 47.9 Å². The lowest BCUT2D eigenvalue weighted by Gasteiger charge is -2.42. The van der Waals surface area contributed by atoms with E-state index in [0.29, 0.717) is 12.2 Å². The molecule has 126 valence electrons. The van der Waals surface area contributed by atoms with E-state index in [1.807, 2.05) is 31.2 Å². The molecule has 2 aliphatic heterocycles. The van der Waals surface area contributed by atoms with E-state index in [9.17, 15) is 14.9 Å². The number of fused-ring (bicyclic) bond motifs is 1. The van der Waals surface area contributed by atoms with Crippen LogP contribution in [0.2, 0.25) is 0 Å². The molecule has 2 aliphatic rings. The Bertz CT molecular complexity index is 724. The first kappa shape index (κ1) is 16.3. The normalized spacial score (nSPS) is 32.5. The first-order valence-corrected chi connectivity index (χ1v) is 7.98. The zero-order valence-electron chi connectivity index (χ0n) is 14.3. The number of carbonyl (C=O) groups is 2. The lowest BCUT2D eigenvalue weighted by atomic mass is 9.79. The Morgan fingerprint density at radius 3 is 2.42 bits per heavy atom. The van der Waals surface area contributed by atoms with Crippen molar-refractivity contribution in [2.45, 2.75) is 38.4 Å². The van der Waals surface area contributed by atoms with Crippen molar-refractivity contribution < 1.29 is 14.3 Å². The zero-order chi connectivity index (χ0) is 17.6. The number of nitriles is 1. The summed E-state index contributed by atoms with van der Waals surface area (Å²) in [6.07, 6.45) is 0.349. The van der Waals surface area contributed by atoms with Crippen molar-refractivity contribution in [1.29, 1.82) is 5.26 Å². The number of hydrogen-bond donors (Lipinski definition) is 0. The molecule has 0 aliphatic carbocycles. The van der Waals surface area contributed by atoms with Crippen molar-refractivity contribution in [3.05, 3.63) is 29.8 Å². The van der Waals surface area contributed by atoms with Gasteiger partial charge in [0.25, 0.3) is 0 Å². The summed E-state index contributed by atoms with van der Waals surface area (Å²) in [7, 11) is 3.23. The first-order valence-electron chi connectivity index (χ1n) is 7.98. The standard InChI is InChI=1S/C18H21N3O3/c1-11-16(22)21-14(17(23)20(11)3)9-18(2,10-19)15(21)12-5-7-13(24-4)8-6-12/h5-8,11,14-15H,9H2,1-4H3/t11-,14+,15?,18-/m1/s1. The molecule has 2 heterocycles. The van der Waals surface area contributed by atoms with Gasteiger partial charge in [-0.1, -0.05) is 12.1 Å². The van der Waals surface area contributed by atoms with Crippen molar-refractivity contribution in [2.24, 2.45) is 5.41 Å². The predicted octanol–water partition coefficient (Wildman–Crippen LogP) is 1.73. The van der Waals surface area contributed by atoms with Gasteiger partial charge in [-0.15, -0.1) is 0 Å². The minimum absolute atomic E-state index is 0.0976. The first-order chi connectivity index (χ1) is 11.3. The maximum absolute atomic E-state index is 12.9. The van der Waals surface area contributed by atoms with Crippen LogP contribution in [-0.2, 0) is 9.59 Å². The fourth-order valence-corrected chi connectivity index (χ4v) is 3.81. The molecular formula is C18H21N3O3. The van der Waals surface area contributed by atoms with Gasteiger partial charge in [-0.25, -0.2) is 0 Å². The SMILES string of the molecule is COc1ccc(C2N3C(=O)[C@@H](C)N(C)C(=O)[C@@H]3C[C@]2(C)C#N)cc1. The average Bonchev–Trinajstić information content (AvgIpc) is 2.92. The van der Waals surface area contributed by atoms with Gasteiger partial charge in [0, 0.05) is 7.05 Å². The molecule has 0 spiro atoms. The number of ether oxygens (including phenoxy) is 1. The third-order valence-electron chi connectivity index (χ3n) is 5.35. The van der Waals surface area contributed by atoms with Crippen LogP contribution >= 0.6 is 0 Å². The van der Waals surface area contributed by atoms with Gasteiger partial charge in [-0.2, -0.15) is 5.26 Å². The second-order valence-electron chi connectivity index (χ2n) is 6.80. The van der Waals surface area contributed by atoms with Crippen LogP contribution in [0.25, 0.3) is 0 Å². The van der Waals surface area contributed by atoms with E-state index in [1.54, 1.807) is 26.0 Å². The van der Waals surface area contributed by atoms with Crippen LogP contribution in [0, 0.1) is 16.7 Å². The van der Waals surface area contributed by atoms with Crippen LogP contribution in [0.3, 0.4) is 0 Å². The number of amides is 2. The molecule has 0 saturated carbocycles. The Labute approximate surface area is 141 Å². The van der Waals surface area contributed by atoms with Crippen molar-refractivity contribution >= 4 is 11.8 Å². The maximum Gasteiger partial charge on any atom is 0.246 e. The summed E-state index contributed by atoms with van der Waals surface area (Å²) in [5.74, 6) is 0.502. The minimum Gasteiger partial charge on any atom is -0.497 e. The third-order valence-corrected chi connectivity index (χ3v) is 5.35. The molecule has 0 radical (unpaired) electrons. The molecule has 0 aromatic heterocycles. The Morgan fingerprint density at radius 1 is 1.25 bits per heavy atom. The van der Waals surface area contributed by atoms with Crippen LogP contribution in [0.1, 0.15) is 31.9 Å². The van der Waals surface area contributed by atoms with E-state index >= 15 is 0 Å². The highest BCUT2D eigenvalue weighted by Gasteiger charge is 2.58. The van der Waals surface area contributed by atoms with E-state index in [4.69, 9.17) is 4.74 Å². The summed E-state index contributed by atoms with van der Waals surface area (Å²) in [6.45, 7) is 3.55. The molecule has 0 bridgehead atoms. The van der Waals surface area contributed by atoms with Crippen molar-refractivity contribution in [3.63, 3.8) is 0 Å². The largest absolute Gasteiger partial charge is 0.497 e. The Kier molecular flexibility index (Phi) is 3.75. The van der Waals surface area contributed by atoms with Gasteiger partial charge >= 0.3 is 0 Å². The summed E-state index contributed by atoms with van der Waals surface area (Å²) in [5.41, 5.74) is 0.0374. The maximum atomic E-state index is 12.9. The van der Waals surface area contributed by atoms with Crippen LogP contribution in [0.15, 0.2) is 24.3 Å². The molecule has 6 heteroatoms. The fraction of sp³-hybridized carbons (Fsp3) is 0.500. The molecular weight excluding hydrogens is 306 g/mol. The Balaban J connectivity index is 2.09. The van der Waals surface area contributed by atoms with Gasteiger partial charge in [-0.05, 0) is 38.0 Å². The van der Waals surface area contributed by atoms with E-state index in [0.717, 1.165) is 5.56 Å². The minimum atomic E-state index is -0.810. The number of piperazine rings is 1. The van der Waals surface area contributed by atoms with E-state index in [2.05, 4.69) is 6.07 Å². The number of methoxy groups -OCH3 is 1. The molecule has 3 rings (SSSR count). The molecule has 24 heavy (non-hydrogen) atoms. The van der Waals surface area contributed by atoms with E-state index in [-0.39, 0.29) is 11.8 Å². The average molecular weight is 327 g/mol. The summed E-state index contributed by atoms with van der Waals surface area (Å²) >= 11 is 0. The smallest absolute Gasteiger partial charge is 0.246 e. The van der Waals surface area contributed by atoms with Gasteiger partial charge in [0.05, 0.1) is 24.6 Å². The van der Waals surface area contributed by atoms with Crippen LogP contribution in [0.5, 0.6) is 5.75 Å². The molecule has 2 saturated heterocycles. The third kappa shape index (κ3) is 2.15. The number of nitrogens with zero attached hydrogens (tertiary/aromatic N) is 3. The summed E-state index contributed by atoms with van der Waals surface area (Å²) in [4.78, 5) is 28.6. The summed E-state index contributed by atoms with van der Waals surface area (Å²) in [6, 6.07) is 8.17. The molecule has 0 N–H and O–H groups in total. The molecule has 1 aromatic rings. The van der Waals surface area contributed by atoms with Gasteiger partial charge in [0.1, 0.15) is 17.8 Å². The van der Waals surface area contributed by atoms with E-state index in [1.165, 1.54) is 4.90 Å². The van der Waals surface area contributed by atoms with Crippen molar-refractivity contribution in [2.75, 3.05) is 14.2 Å². The fourth-order valence-electron chi connectivity index (χ4n) is 3.81. The van der Waals surface area contributed by atoms with Crippen molar-refractivity contribution in [1.82, 2.24) is 9.80 Å². The molecule has 2 fully saturated rings. The van der Waals surface area contributed by atoms with Crippen molar-refractivity contribution in [3.8, 4) is 11.8 Å².